The minimum atomic E-state index is -0.276. The van der Waals surface area contributed by atoms with Gasteiger partial charge in [-0.1, -0.05) is 36.9 Å². The molecule has 0 aliphatic carbocycles. The molecule has 0 bridgehead atoms. The van der Waals surface area contributed by atoms with Crippen LogP contribution in [0.2, 0.25) is 0 Å². The number of hydrogen-bond donors (Lipinski definition) is 2. The van der Waals surface area contributed by atoms with Gasteiger partial charge in [0.25, 0.3) is 5.91 Å². The Morgan fingerprint density at radius 2 is 1.69 bits per heavy atom. The summed E-state index contributed by atoms with van der Waals surface area (Å²) < 4.78 is 12.9. The molecule has 0 spiro atoms. The van der Waals surface area contributed by atoms with Gasteiger partial charge in [0.15, 0.2) is 5.16 Å². The normalized spacial score (nSPS) is 10.5. The van der Waals surface area contributed by atoms with E-state index in [1.807, 2.05) is 16.8 Å². The van der Waals surface area contributed by atoms with Crippen LogP contribution in [0.5, 0.6) is 11.5 Å². The fourth-order valence-corrected chi connectivity index (χ4v) is 3.83. The van der Waals surface area contributed by atoms with Gasteiger partial charge in [0.2, 0.25) is 5.91 Å². The van der Waals surface area contributed by atoms with Crippen molar-refractivity contribution >= 4 is 35.0 Å². The van der Waals surface area contributed by atoms with Crippen LogP contribution in [0.4, 0.5) is 11.4 Å². The maximum absolute atomic E-state index is 12.6. The number of amides is 2. The van der Waals surface area contributed by atoms with Crippen molar-refractivity contribution in [2.75, 3.05) is 30.6 Å². The van der Waals surface area contributed by atoms with Gasteiger partial charge >= 0.3 is 0 Å². The Hall–Kier alpha value is -3.46. The van der Waals surface area contributed by atoms with Crippen molar-refractivity contribution in [3.8, 4) is 11.5 Å². The minimum absolute atomic E-state index is 0.193. The van der Waals surface area contributed by atoms with Crippen molar-refractivity contribution < 1.29 is 19.1 Å². The van der Waals surface area contributed by atoms with Crippen LogP contribution in [0.15, 0.2) is 60.0 Å². The van der Waals surface area contributed by atoms with E-state index >= 15 is 0 Å². The molecule has 3 rings (SSSR count). The van der Waals surface area contributed by atoms with E-state index in [1.54, 1.807) is 42.6 Å². The van der Waals surface area contributed by atoms with Crippen molar-refractivity contribution in [3.63, 3.8) is 0 Å². The monoisotopic (exact) mass is 454 g/mol. The molecule has 0 saturated heterocycles. The van der Waals surface area contributed by atoms with E-state index in [9.17, 15) is 9.59 Å². The largest absolute Gasteiger partial charge is 0.494 e. The second-order valence-corrected chi connectivity index (χ2v) is 7.76. The summed E-state index contributed by atoms with van der Waals surface area (Å²) in [6, 6.07) is 12.1. The van der Waals surface area contributed by atoms with Crippen LogP contribution in [0.1, 0.15) is 23.7 Å². The molecule has 2 N–H and O–H groups in total. The van der Waals surface area contributed by atoms with Crippen molar-refractivity contribution in [1.82, 2.24) is 9.55 Å². The summed E-state index contributed by atoms with van der Waals surface area (Å²) in [6.07, 6.45) is 4.62. The third-order valence-electron chi connectivity index (χ3n) is 4.55. The second-order valence-electron chi connectivity index (χ2n) is 6.81. The van der Waals surface area contributed by atoms with Crippen LogP contribution < -0.4 is 20.1 Å². The lowest BCUT2D eigenvalue weighted by molar-refractivity contribution is -0.113. The van der Waals surface area contributed by atoms with Crippen LogP contribution in [0.3, 0.4) is 0 Å². The Kier molecular flexibility index (Phi) is 8.15. The van der Waals surface area contributed by atoms with Gasteiger partial charge in [-0.3, -0.25) is 9.59 Å². The topological polar surface area (TPSA) is 94.5 Å². The van der Waals surface area contributed by atoms with Gasteiger partial charge in [0, 0.05) is 36.6 Å². The molecule has 2 amide bonds. The van der Waals surface area contributed by atoms with E-state index in [-0.39, 0.29) is 17.6 Å². The Morgan fingerprint density at radius 3 is 2.31 bits per heavy atom. The zero-order valence-electron chi connectivity index (χ0n) is 18.3. The minimum Gasteiger partial charge on any atom is -0.494 e. The molecule has 8 nitrogen and oxygen atoms in total. The molecule has 0 aliphatic heterocycles. The average molecular weight is 455 g/mol. The number of rotatable bonds is 10. The maximum Gasteiger partial charge on any atom is 0.255 e. The summed E-state index contributed by atoms with van der Waals surface area (Å²) in [6.45, 7) is 2.94. The Bertz CT molecular complexity index is 1070. The first-order chi connectivity index (χ1) is 15.5. The number of imidazole rings is 1. The predicted octanol–water partition coefficient (Wildman–Crippen LogP) is 4.29. The van der Waals surface area contributed by atoms with E-state index in [0.717, 1.165) is 18.1 Å². The van der Waals surface area contributed by atoms with E-state index in [1.165, 1.54) is 26.0 Å². The third kappa shape index (κ3) is 5.82. The first-order valence-electron chi connectivity index (χ1n) is 10.1. The Balaban J connectivity index is 1.71. The molecule has 32 heavy (non-hydrogen) atoms. The number of carbonyl (C=O) groups excluding carboxylic acids is 2. The summed E-state index contributed by atoms with van der Waals surface area (Å²) >= 11 is 1.36. The number of aryl methyl sites for hydroxylation is 1. The van der Waals surface area contributed by atoms with Crippen molar-refractivity contribution in [3.05, 3.63) is 60.4 Å². The molecule has 0 aliphatic rings. The van der Waals surface area contributed by atoms with Crippen molar-refractivity contribution in [2.45, 2.75) is 25.0 Å². The summed E-state index contributed by atoms with van der Waals surface area (Å²) in [7, 11) is 2.99. The van der Waals surface area contributed by atoms with E-state index < -0.39 is 0 Å². The highest BCUT2D eigenvalue weighted by atomic mass is 32.2. The molecule has 3 aromatic rings. The molecule has 2 aromatic carbocycles. The number of aromatic nitrogens is 2. The first-order valence-corrected chi connectivity index (χ1v) is 11.1. The fraction of sp³-hybridized carbons (Fsp3) is 0.261. The predicted molar refractivity (Wildman–Crippen MR) is 126 cm³/mol. The molecule has 1 heterocycles. The van der Waals surface area contributed by atoms with Gasteiger partial charge in [0.1, 0.15) is 11.5 Å². The molecule has 0 saturated carbocycles. The highest BCUT2D eigenvalue weighted by Crippen LogP contribution is 2.36. The van der Waals surface area contributed by atoms with Gasteiger partial charge in [-0.2, -0.15) is 0 Å². The van der Waals surface area contributed by atoms with Gasteiger partial charge < -0.3 is 24.7 Å². The summed E-state index contributed by atoms with van der Waals surface area (Å²) in [5.41, 5.74) is 1.40. The number of nitrogens with one attached hydrogen (secondary N) is 2. The Labute approximate surface area is 191 Å². The molecule has 168 valence electrons. The van der Waals surface area contributed by atoms with Crippen molar-refractivity contribution in [1.29, 1.82) is 0 Å². The van der Waals surface area contributed by atoms with Crippen LogP contribution in [0, 0.1) is 0 Å². The molecule has 0 radical (unpaired) electrons. The average Bonchev–Trinajstić information content (AvgIpc) is 3.26. The molecule has 0 unspecified atom stereocenters. The number of hydrogen-bond acceptors (Lipinski definition) is 6. The molecule has 9 heteroatoms. The quantitative estimate of drug-likeness (QED) is 0.444. The number of anilines is 2. The molecular weight excluding hydrogens is 428 g/mol. The molecule has 0 fully saturated rings. The number of nitrogens with zero attached hydrogens (tertiary/aromatic N) is 2. The highest BCUT2D eigenvalue weighted by molar-refractivity contribution is 7.99. The van der Waals surface area contributed by atoms with Gasteiger partial charge in [-0.15, -0.1) is 0 Å². The summed E-state index contributed by atoms with van der Waals surface area (Å²) in [5, 5.41) is 6.47. The maximum atomic E-state index is 12.6. The van der Waals surface area contributed by atoms with Gasteiger partial charge in [0.05, 0.1) is 31.3 Å². The standard InChI is InChI=1S/C23H26N4O4S/c1-4-11-27-12-10-24-23(27)32-15-21(28)25-17-13-20(31-3)18(14-19(17)30-2)26-22(29)16-8-6-5-7-9-16/h5-10,12-14H,4,11,15H2,1-3H3,(H,25,28)(H,26,29). The zero-order chi connectivity index (χ0) is 22.9. The Morgan fingerprint density at radius 1 is 1.03 bits per heavy atom. The van der Waals surface area contributed by atoms with Crippen LogP contribution >= 0.6 is 11.8 Å². The second kappa shape index (κ2) is 11.2. The number of thioether (sulfide) groups is 1. The fourth-order valence-electron chi connectivity index (χ4n) is 3.04. The van der Waals surface area contributed by atoms with E-state index in [4.69, 9.17) is 9.47 Å². The number of ether oxygens (including phenoxy) is 2. The number of methoxy groups -OCH3 is 2. The van der Waals surface area contributed by atoms with E-state index in [2.05, 4.69) is 22.5 Å². The SMILES string of the molecule is CCCn1ccnc1SCC(=O)Nc1cc(OC)c(NC(=O)c2ccccc2)cc1OC. The third-order valence-corrected chi connectivity index (χ3v) is 5.56. The first kappa shape index (κ1) is 23.2. The lowest BCUT2D eigenvalue weighted by Gasteiger charge is -2.16. The molecular formula is C23H26N4O4S. The summed E-state index contributed by atoms with van der Waals surface area (Å²) in [4.78, 5) is 29.4. The lowest BCUT2D eigenvalue weighted by Crippen LogP contribution is -2.16. The lowest BCUT2D eigenvalue weighted by atomic mass is 10.2. The smallest absolute Gasteiger partial charge is 0.255 e. The number of benzene rings is 2. The van der Waals surface area contributed by atoms with Crippen LogP contribution in [0.25, 0.3) is 0 Å². The van der Waals surface area contributed by atoms with Crippen LogP contribution in [-0.4, -0.2) is 41.3 Å². The summed E-state index contributed by atoms with van der Waals surface area (Å²) in [5.74, 6) is 0.513. The van der Waals surface area contributed by atoms with Gasteiger partial charge in [-0.25, -0.2) is 4.98 Å². The molecule has 1 aromatic heterocycles. The van der Waals surface area contributed by atoms with Crippen molar-refractivity contribution in [2.24, 2.45) is 0 Å². The van der Waals surface area contributed by atoms with Gasteiger partial charge in [-0.05, 0) is 18.6 Å². The van der Waals surface area contributed by atoms with E-state index in [0.29, 0.717) is 28.4 Å². The van der Waals surface area contributed by atoms with Crippen LogP contribution in [-0.2, 0) is 11.3 Å². The zero-order valence-corrected chi connectivity index (χ0v) is 19.1. The molecule has 0 atom stereocenters. The number of carbonyl (C=O) groups is 2. The highest BCUT2D eigenvalue weighted by Gasteiger charge is 2.17.